The van der Waals surface area contributed by atoms with Crippen molar-refractivity contribution in [1.82, 2.24) is 19.6 Å². The molecule has 0 saturated heterocycles. The minimum atomic E-state index is -0.470. The number of aromatic nitrogens is 2. The zero-order chi connectivity index (χ0) is 30.3. The molecule has 1 aliphatic rings. The number of benzene rings is 1. The van der Waals surface area contributed by atoms with E-state index in [1.807, 2.05) is 84.5 Å². The summed E-state index contributed by atoms with van der Waals surface area (Å²) in [6, 6.07) is 5.65. The van der Waals surface area contributed by atoms with E-state index in [9.17, 15) is 14.7 Å². The summed E-state index contributed by atoms with van der Waals surface area (Å²) in [5, 5.41) is 18.8. The number of aromatic hydroxyl groups is 1. The van der Waals surface area contributed by atoms with Gasteiger partial charge in [0.2, 0.25) is 5.91 Å². The van der Waals surface area contributed by atoms with Gasteiger partial charge in [-0.1, -0.05) is 13.8 Å². The molecule has 3 heterocycles. The highest BCUT2D eigenvalue weighted by Crippen LogP contribution is 2.44. The average Bonchev–Trinajstić information content (AvgIpc) is 3.50. The summed E-state index contributed by atoms with van der Waals surface area (Å²) in [6.45, 7) is 7.03. The van der Waals surface area contributed by atoms with Crippen molar-refractivity contribution in [1.29, 1.82) is 0 Å². The first-order chi connectivity index (χ1) is 19.1. The van der Waals surface area contributed by atoms with Gasteiger partial charge in [0.15, 0.2) is 5.69 Å². The van der Waals surface area contributed by atoms with Crippen molar-refractivity contribution in [2.75, 3.05) is 13.1 Å². The topological polar surface area (TPSA) is 87.9 Å². The number of phenolic OH excluding ortho intramolecular Hbond substituents is 1. The Morgan fingerprint density at radius 1 is 1.12 bits per heavy atom. The molecule has 0 bridgehead atoms. The van der Waals surface area contributed by atoms with Crippen molar-refractivity contribution >= 4 is 70.2 Å². The molecule has 0 fully saturated rings. The van der Waals surface area contributed by atoms with Crippen molar-refractivity contribution < 1.29 is 19.4 Å². The Hall–Kier alpha value is -2.94. The van der Waals surface area contributed by atoms with E-state index in [0.717, 1.165) is 34.5 Å². The quantitative estimate of drug-likeness (QED) is 0.290. The lowest BCUT2D eigenvalue weighted by Crippen LogP contribution is -2.56. The van der Waals surface area contributed by atoms with Crippen molar-refractivity contribution in [2.45, 2.75) is 50.7 Å². The lowest BCUT2D eigenvalue weighted by Gasteiger charge is -2.39. The number of carbonyl (C=O) groups excluding carboxylic acids is 2. The fourth-order valence-electron chi connectivity index (χ4n) is 5.49. The number of thiophene rings is 1. The van der Waals surface area contributed by atoms with Gasteiger partial charge >= 0.3 is 0 Å². The second-order valence-corrected chi connectivity index (χ2v) is 14.0. The van der Waals surface area contributed by atoms with Crippen LogP contribution < -0.4 is 4.74 Å². The molecule has 1 aliphatic heterocycles. The van der Waals surface area contributed by atoms with Crippen molar-refractivity contribution in [3.63, 3.8) is 0 Å². The van der Waals surface area contributed by atoms with Gasteiger partial charge in [-0.15, -0.1) is 0 Å². The van der Waals surface area contributed by atoms with E-state index in [1.54, 1.807) is 24.3 Å². The van der Waals surface area contributed by atoms with Crippen LogP contribution in [0.4, 0.5) is 0 Å². The van der Waals surface area contributed by atoms with Gasteiger partial charge in [-0.3, -0.25) is 9.59 Å². The maximum Gasteiger partial charge on any atom is 0.273 e. The highest BCUT2D eigenvalue weighted by atomic mass is 32.1. The van der Waals surface area contributed by atoms with Gasteiger partial charge in [0.25, 0.3) is 5.91 Å². The molecule has 0 aliphatic carbocycles. The second-order valence-electron chi connectivity index (χ2n) is 13.3. The lowest BCUT2D eigenvalue weighted by molar-refractivity contribution is -0.129. The summed E-state index contributed by atoms with van der Waals surface area (Å²) in [5.74, 6) is 1.01. The molecule has 210 valence electrons. The normalized spacial score (nSPS) is 12.9. The fraction of sp³-hybridized carbons (Fsp3) is 0.423. The molecule has 3 aromatic rings. The van der Waals surface area contributed by atoms with E-state index in [2.05, 4.69) is 13.8 Å². The zero-order valence-corrected chi connectivity index (χ0v) is 26.7. The summed E-state index contributed by atoms with van der Waals surface area (Å²) < 4.78 is 7.97. The van der Waals surface area contributed by atoms with E-state index in [4.69, 9.17) is 9.84 Å². The van der Waals surface area contributed by atoms with Gasteiger partial charge < -0.3 is 19.6 Å². The van der Waals surface area contributed by atoms with Crippen LogP contribution in [0.25, 0.3) is 16.9 Å². The molecule has 41 heavy (non-hydrogen) atoms. The fourth-order valence-corrected chi connectivity index (χ4v) is 6.11. The Kier molecular flexibility index (Phi) is 8.88. The first kappa shape index (κ1) is 31.0. The lowest BCUT2D eigenvalue weighted by atomic mass is 9.48. The van der Waals surface area contributed by atoms with Crippen LogP contribution in [0.15, 0.2) is 29.0 Å². The molecule has 2 amide bonds. The largest absolute Gasteiger partial charge is 0.508 e. The first-order valence-electron chi connectivity index (χ1n) is 14.3. The van der Waals surface area contributed by atoms with Gasteiger partial charge in [-0.25, -0.2) is 4.68 Å². The zero-order valence-electron chi connectivity index (χ0n) is 25.9. The molecule has 1 N–H and O–H groups in total. The third-order valence-corrected chi connectivity index (χ3v) is 8.05. The summed E-state index contributed by atoms with van der Waals surface area (Å²) in [7, 11) is 12.1. The van der Waals surface area contributed by atoms with Crippen LogP contribution in [0, 0.1) is 5.92 Å². The minimum absolute atomic E-state index is 0.0217. The number of hydrogen-bond acceptors (Lipinski definition) is 6. The Morgan fingerprint density at radius 2 is 1.78 bits per heavy atom. The van der Waals surface area contributed by atoms with E-state index in [0.29, 0.717) is 36.9 Å². The molecule has 15 heteroatoms. The van der Waals surface area contributed by atoms with Gasteiger partial charge in [-0.2, -0.15) is 16.4 Å². The maximum absolute atomic E-state index is 14.3. The van der Waals surface area contributed by atoms with Crippen molar-refractivity contribution in [3.05, 3.63) is 45.8 Å². The molecule has 0 radical (unpaired) electrons. The number of amides is 2. The van der Waals surface area contributed by atoms with E-state index < -0.39 is 5.24 Å². The predicted molar refractivity (Wildman–Crippen MR) is 181 cm³/mol. The van der Waals surface area contributed by atoms with Crippen LogP contribution in [0.5, 0.6) is 11.5 Å². The minimum Gasteiger partial charge on any atom is -0.508 e. The van der Waals surface area contributed by atoms with Gasteiger partial charge in [-0.05, 0) is 52.3 Å². The van der Waals surface area contributed by atoms with Gasteiger partial charge in [0, 0.05) is 42.6 Å². The Morgan fingerprint density at radius 3 is 2.34 bits per heavy atom. The van der Waals surface area contributed by atoms with E-state index >= 15 is 0 Å². The number of ether oxygens (including phenoxy) is 1. The van der Waals surface area contributed by atoms with Gasteiger partial charge in [0.05, 0.1) is 11.4 Å². The molecular formula is C26H38B6N4O4S. The molecule has 8 nitrogen and oxygen atoms in total. The number of carbonyl (C=O) groups is 2. The number of hydrogen-bond donors (Lipinski definition) is 1. The van der Waals surface area contributed by atoms with Crippen LogP contribution in [0.3, 0.4) is 0 Å². The molecule has 0 spiro atoms. The van der Waals surface area contributed by atoms with Crippen LogP contribution in [0.1, 0.15) is 48.8 Å². The monoisotopic (exact) mass is 568 g/mol. The third kappa shape index (κ3) is 6.60. The highest BCUT2D eigenvalue weighted by molar-refractivity contribution is 7.08. The average molecular weight is 568 g/mol. The number of phenols is 1. The van der Waals surface area contributed by atoms with E-state index in [-0.39, 0.29) is 29.4 Å². The predicted octanol–water partition coefficient (Wildman–Crippen LogP) is -1.90. The van der Waals surface area contributed by atoms with Crippen molar-refractivity contribution in [2.24, 2.45) is 5.92 Å². The number of rotatable bonds is 10. The molecule has 4 rings (SSSR count). The van der Waals surface area contributed by atoms with Crippen LogP contribution in [-0.4, -0.2) is 107 Å². The number of nitrogens with zero attached hydrogens (tertiary/aromatic N) is 4. The molecule has 2 aromatic heterocycles. The summed E-state index contributed by atoms with van der Waals surface area (Å²) in [6.07, 6.45) is 1.36. The number of fused-ring (bicyclic) bond motifs is 3. The summed E-state index contributed by atoms with van der Waals surface area (Å²) in [4.78, 5) is 30.3. The van der Waals surface area contributed by atoms with Crippen LogP contribution in [0.2, 0.25) is 0 Å². The van der Waals surface area contributed by atoms with Crippen LogP contribution in [-0.2, 0) is 17.8 Å². The molecule has 0 atom stereocenters. The summed E-state index contributed by atoms with van der Waals surface area (Å²) >= 11 is 1.57. The molecule has 0 unspecified atom stereocenters. The third-order valence-electron chi connectivity index (χ3n) is 7.38. The Bertz CT molecular complexity index is 1430. The van der Waals surface area contributed by atoms with Crippen LogP contribution >= 0.6 is 11.3 Å². The standard InChI is InChI=1S/C26H38B6N4O4S/c1-14(2)9-16-10-18-21(11-20(16)38)40-12-19-22(33-36(23(18)19)17-5-8-41-13-17)24(39)35(26(30,31)32)7-4-6-34(15(3)37)25(27,28)29/h5,8,10-11,13-14,38H,4,6-7,9,12,27-32H2,1-3H3. The molecular weight excluding hydrogens is 529 g/mol. The second kappa shape index (κ2) is 11.7. The smallest absolute Gasteiger partial charge is 0.273 e. The molecule has 0 saturated carbocycles. The first-order valence-corrected chi connectivity index (χ1v) is 15.3. The Labute approximate surface area is 252 Å². The highest BCUT2D eigenvalue weighted by Gasteiger charge is 2.36. The van der Waals surface area contributed by atoms with Crippen molar-refractivity contribution in [3.8, 4) is 28.4 Å². The SMILES string of the molecule is BC(B)(B)N(CCCN(C(=O)c1nn(-c2ccsc2)c2c1COc1cc(O)c(CC(C)C)cc1-2)C(B)(B)B)C(C)=O. The Balaban J connectivity index is 1.76. The van der Waals surface area contributed by atoms with Gasteiger partial charge in [0.1, 0.15) is 65.2 Å². The van der Waals surface area contributed by atoms with E-state index in [1.165, 1.54) is 0 Å². The molecule has 1 aromatic carbocycles. The summed E-state index contributed by atoms with van der Waals surface area (Å²) in [5.41, 5.74) is 4.46. The maximum atomic E-state index is 14.3.